The molecule has 1 aromatic rings. The number of rotatable bonds is 5. The summed E-state index contributed by atoms with van der Waals surface area (Å²) in [6, 6.07) is 0.471. The zero-order valence-electron chi connectivity index (χ0n) is 9.46. The third-order valence-corrected chi connectivity index (χ3v) is 3.04. The van der Waals surface area contributed by atoms with Crippen molar-refractivity contribution in [1.29, 1.82) is 0 Å². The van der Waals surface area contributed by atoms with Crippen molar-refractivity contribution in [2.24, 2.45) is 0 Å². The van der Waals surface area contributed by atoms with E-state index in [0.717, 1.165) is 25.2 Å². The summed E-state index contributed by atoms with van der Waals surface area (Å²) in [5.74, 6) is -0.756. The third kappa shape index (κ3) is 2.41. The molecule has 16 heavy (non-hydrogen) atoms. The van der Waals surface area contributed by atoms with Gasteiger partial charge in [-0.05, 0) is 18.5 Å². The zero-order valence-corrected chi connectivity index (χ0v) is 9.46. The molecule has 1 aliphatic rings. The Hall–Kier alpha value is -1.36. The molecule has 0 atom stereocenters. The standard InChI is InChI=1S/C11H17N3O2/c1-2-13-7-10(8-13)14-6-9(5-12-14)3-4-11(15)16/h5-6,10H,2-4,7-8H2,1H3,(H,15,16). The van der Waals surface area contributed by atoms with Gasteiger partial charge in [0, 0.05) is 25.7 Å². The smallest absolute Gasteiger partial charge is 0.303 e. The van der Waals surface area contributed by atoms with E-state index in [1.165, 1.54) is 0 Å². The lowest BCUT2D eigenvalue weighted by Gasteiger charge is -2.38. The van der Waals surface area contributed by atoms with Gasteiger partial charge in [0.2, 0.25) is 0 Å². The van der Waals surface area contributed by atoms with Crippen LogP contribution in [0.25, 0.3) is 0 Å². The molecule has 2 rings (SSSR count). The first-order valence-electron chi connectivity index (χ1n) is 5.66. The first-order valence-corrected chi connectivity index (χ1v) is 5.66. The largest absolute Gasteiger partial charge is 0.481 e. The van der Waals surface area contributed by atoms with Gasteiger partial charge in [-0.1, -0.05) is 6.92 Å². The SMILES string of the molecule is CCN1CC(n2cc(CCC(=O)O)cn2)C1. The molecule has 2 heterocycles. The fourth-order valence-corrected chi connectivity index (χ4v) is 1.93. The van der Waals surface area contributed by atoms with Crippen LogP contribution in [0.1, 0.15) is 24.9 Å². The first-order chi connectivity index (χ1) is 7.69. The summed E-state index contributed by atoms with van der Waals surface area (Å²) < 4.78 is 1.96. The fourth-order valence-electron chi connectivity index (χ4n) is 1.93. The molecule has 1 aliphatic heterocycles. The summed E-state index contributed by atoms with van der Waals surface area (Å²) in [6.45, 7) is 5.34. The highest BCUT2D eigenvalue weighted by Gasteiger charge is 2.27. The number of likely N-dealkylation sites (N-methyl/N-ethyl adjacent to an activating group) is 1. The number of aliphatic carboxylic acids is 1. The number of nitrogens with zero attached hydrogens (tertiary/aromatic N) is 3. The summed E-state index contributed by atoms with van der Waals surface area (Å²) >= 11 is 0. The van der Waals surface area contributed by atoms with Crippen molar-refractivity contribution in [3.63, 3.8) is 0 Å². The summed E-state index contributed by atoms with van der Waals surface area (Å²) in [5, 5.41) is 12.9. The Labute approximate surface area is 94.7 Å². The van der Waals surface area contributed by atoms with Crippen LogP contribution in [0.4, 0.5) is 0 Å². The molecule has 0 aliphatic carbocycles. The van der Waals surface area contributed by atoms with Crippen LogP contribution in [0.15, 0.2) is 12.4 Å². The van der Waals surface area contributed by atoms with Crippen LogP contribution >= 0.6 is 0 Å². The lowest BCUT2D eigenvalue weighted by Crippen LogP contribution is -2.47. The Balaban J connectivity index is 1.86. The van der Waals surface area contributed by atoms with E-state index in [2.05, 4.69) is 16.9 Å². The number of hydrogen-bond donors (Lipinski definition) is 1. The second-order valence-electron chi connectivity index (χ2n) is 4.23. The monoisotopic (exact) mass is 223 g/mol. The molecule has 5 nitrogen and oxygen atoms in total. The number of aryl methyl sites for hydroxylation is 1. The minimum Gasteiger partial charge on any atom is -0.481 e. The van der Waals surface area contributed by atoms with Gasteiger partial charge in [-0.2, -0.15) is 5.10 Å². The maximum absolute atomic E-state index is 10.4. The Morgan fingerprint density at radius 1 is 1.62 bits per heavy atom. The van der Waals surface area contributed by atoms with Crippen molar-refractivity contribution in [2.45, 2.75) is 25.8 Å². The molecule has 0 amide bonds. The number of carbonyl (C=O) groups is 1. The second kappa shape index (κ2) is 4.65. The van der Waals surface area contributed by atoms with E-state index >= 15 is 0 Å². The van der Waals surface area contributed by atoms with Crippen LogP contribution < -0.4 is 0 Å². The van der Waals surface area contributed by atoms with Crippen molar-refractivity contribution in [3.8, 4) is 0 Å². The minimum atomic E-state index is -0.756. The molecule has 0 bridgehead atoms. The highest BCUT2D eigenvalue weighted by atomic mass is 16.4. The number of aromatic nitrogens is 2. The molecule has 0 aromatic carbocycles. The van der Waals surface area contributed by atoms with Gasteiger partial charge in [0.1, 0.15) is 0 Å². The van der Waals surface area contributed by atoms with E-state index in [4.69, 9.17) is 5.11 Å². The summed E-state index contributed by atoms with van der Waals surface area (Å²) in [5.41, 5.74) is 1.01. The van der Waals surface area contributed by atoms with Crippen molar-refractivity contribution in [2.75, 3.05) is 19.6 Å². The van der Waals surface area contributed by atoms with Crippen molar-refractivity contribution in [3.05, 3.63) is 18.0 Å². The van der Waals surface area contributed by atoms with Gasteiger partial charge in [0.05, 0.1) is 12.2 Å². The Morgan fingerprint density at radius 3 is 3.00 bits per heavy atom. The molecule has 1 fully saturated rings. The lowest BCUT2D eigenvalue weighted by atomic mass is 10.1. The van der Waals surface area contributed by atoms with Crippen LogP contribution in [0, 0.1) is 0 Å². The normalized spacial score (nSPS) is 17.3. The summed E-state index contributed by atoms with van der Waals surface area (Å²) in [4.78, 5) is 12.8. The maximum atomic E-state index is 10.4. The molecule has 1 N–H and O–H groups in total. The molecule has 1 aromatic heterocycles. The first kappa shape index (κ1) is 11.1. The van der Waals surface area contributed by atoms with E-state index in [-0.39, 0.29) is 6.42 Å². The van der Waals surface area contributed by atoms with E-state index in [9.17, 15) is 4.79 Å². The van der Waals surface area contributed by atoms with Crippen molar-refractivity contribution >= 4 is 5.97 Å². The number of likely N-dealkylation sites (tertiary alicyclic amines) is 1. The fraction of sp³-hybridized carbons (Fsp3) is 0.636. The molecule has 0 radical (unpaired) electrons. The van der Waals surface area contributed by atoms with E-state index in [0.29, 0.717) is 12.5 Å². The number of hydrogen-bond acceptors (Lipinski definition) is 3. The molecule has 1 saturated heterocycles. The average Bonchev–Trinajstić information content (AvgIpc) is 2.62. The van der Waals surface area contributed by atoms with Gasteiger partial charge >= 0.3 is 5.97 Å². The van der Waals surface area contributed by atoms with Gasteiger partial charge in [0.25, 0.3) is 0 Å². The lowest BCUT2D eigenvalue weighted by molar-refractivity contribution is -0.136. The molecule has 0 spiro atoms. The molecule has 88 valence electrons. The van der Waals surface area contributed by atoms with Crippen molar-refractivity contribution < 1.29 is 9.90 Å². The summed E-state index contributed by atoms with van der Waals surface area (Å²) in [6.07, 6.45) is 4.50. The van der Waals surface area contributed by atoms with Crippen LogP contribution in [0.3, 0.4) is 0 Å². The van der Waals surface area contributed by atoms with Gasteiger partial charge < -0.3 is 5.11 Å². The predicted molar refractivity (Wildman–Crippen MR) is 59.3 cm³/mol. The van der Waals surface area contributed by atoms with E-state index in [1.54, 1.807) is 6.20 Å². The number of carboxylic acids is 1. The number of carboxylic acid groups (broad SMARTS) is 1. The highest BCUT2D eigenvalue weighted by molar-refractivity contribution is 5.67. The maximum Gasteiger partial charge on any atom is 0.303 e. The molecular formula is C11H17N3O2. The van der Waals surface area contributed by atoms with Crippen LogP contribution in [0.5, 0.6) is 0 Å². The average molecular weight is 223 g/mol. The zero-order chi connectivity index (χ0) is 11.5. The molecular weight excluding hydrogens is 206 g/mol. The quantitative estimate of drug-likeness (QED) is 0.801. The van der Waals surface area contributed by atoms with Gasteiger partial charge in [0.15, 0.2) is 0 Å². The Bertz CT molecular complexity index is 369. The molecule has 0 unspecified atom stereocenters. The van der Waals surface area contributed by atoms with Gasteiger partial charge in [-0.3, -0.25) is 14.4 Å². The van der Waals surface area contributed by atoms with Crippen LogP contribution in [0.2, 0.25) is 0 Å². The van der Waals surface area contributed by atoms with Gasteiger partial charge in [-0.25, -0.2) is 0 Å². The van der Waals surface area contributed by atoms with Crippen LogP contribution in [-0.2, 0) is 11.2 Å². The molecule has 5 heteroatoms. The van der Waals surface area contributed by atoms with E-state index < -0.39 is 5.97 Å². The Kier molecular flexibility index (Phi) is 3.24. The Morgan fingerprint density at radius 2 is 2.38 bits per heavy atom. The summed E-state index contributed by atoms with van der Waals surface area (Å²) in [7, 11) is 0. The topological polar surface area (TPSA) is 58.4 Å². The second-order valence-corrected chi connectivity index (χ2v) is 4.23. The van der Waals surface area contributed by atoms with Gasteiger partial charge in [-0.15, -0.1) is 0 Å². The minimum absolute atomic E-state index is 0.178. The van der Waals surface area contributed by atoms with E-state index in [1.807, 2.05) is 10.9 Å². The predicted octanol–water partition coefficient (Wildman–Crippen LogP) is 0.777. The highest BCUT2D eigenvalue weighted by Crippen LogP contribution is 2.20. The van der Waals surface area contributed by atoms with Crippen LogP contribution in [-0.4, -0.2) is 45.4 Å². The third-order valence-electron chi connectivity index (χ3n) is 3.04. The molecule has 0 saturated carbocycles. The van der Waals surface area contributed by atoms with Crippen molar-refractivity contribution in [1.82, 2.24) is 14.7 Å².